The molecule has 0 saturated heterocycles. The summed E-state index contributed by atoms with van der Waals surface area (Å²) in [5.74, 6) is -0.698. The van der Waals surface area contributed by atoms with Gasteiger partial charge in [-0.2, -0.15) is 0 Å². The first-order valence-corrected chi connectivity index (χ1v) is 11.3. The minimum Gasteiger partial charge on any atom is -0.458 e. The van der Waals surface area contributed by atoms with Gasteiger partial charge in [0.15, 0.2) is 0 Å². The fourth-order valence-corrected chi connectivity index (χ4v) is 6.71. The third kappa shape index (κ3) is 4.32. The van der Waals surface area contributed by atoms with Gasteiger partial charge in [0, 0.05) is 25.7 Å². The molecule has 0 aliphatic heterocycles. The standard InChI is InChI=1S/C25H42O5/c1-10-23(7,28)14-15-24(8)16(2)19(29-17(3)26)20(30-18(4)27)21-22(5,6)12-11-13-25(21,24)9/h10,16,19-21,28H,1,11-15H2,2-9H3/t16-,19?,20?,21-,23-,24-,25-/m0/s1. The lowest BCUT2D eigenvalue weighted by Crippen LogP contribution is -2.68. The molecule has 0 amide bonds. The highest BCUT2D eigenvalue weighted by molar-refractivity contribution is 5.67. The van der Waals surface area contributed by atoms with E-state index in [1.54, 1.807) is 13.0 Å². The van der Waals surface area contributed by atoms with Crippen LogP contribution in [0.25, 0.3) is 0 Å². The molecule has 2 unspecified atom stereocenters. The first kappa shape index (κ1) is 24.9. The molecular weight excluding hydrogens is 380 g/mol. The van der Waals surface area contributed by atoms with E-state index < -0.39 is 17.8 Å². The summed E-state index contributed by atoms with van der Waals surface area (Å²) in [6.07, 6.45) is 5.10. The fraction of sp³-hybridized carbons (Fsp3) is 0.840. The molecule has 2 aliphatic rings. The molecule has 1 N–H and O–H groups in total. The summed E-state index contributed by atoms with van der Waals surface area (Å²) in [5.41, 5.74) is -1.39. The van der Waals surface area contributed by atoms with Crippen molar-refractivity contribution in [3.8, 4) is 0 Å². The number of fused-ring (bicyclic) bond motifs is 1. The Kier molecular flexibility index (Phi) is 6.88. The van der Waals surface area contributed by atoms with Crippen LogP contribution in [-0.4, -0.2) is 34.9 Å². The van der Waals surface area contributed by atoms with Gasteiger partial charge in [0.1, 0.15) is 12.2 Å². The summed E-state index contributed by atoms with van der Waals surface area (Å²) < 4.78 is 11.8. The van der Waals surface area contributed by atoms with Crippen LogP contribution in [0.4, 0.5) is 0 Å². The summed E-state index contributed by atoms with van der Waals surface area (Å²) in [5, 5.41) is 10.6. The van der Waals surface area contributed by atoms with E-state index in [0.717, 1.165) is 25.7 Å². The quantitative estimate of drug-likeness (QED) is 0.479. The second kappa shape index (κ2) is 8.29. The molecule has 5 heteroatoms. The van der Waals surface area contributed by atoms with Gasteiger partial charge in [-0.15, -0.1) is 6.58 Å². The lowest BCUT2D eigenvalue weighted by atomic mass is 9.39. The van der Waals surface area contributed by atoms with Crippen LogP contribution in [0.2, 0.25) is 0 Å². The number of rotatable bonds is 6. The molecule has 0 heterocycles. The molecule has 30 heavy (non-hydrogen) atoms. The van der Waals surface area contributed by atoms with E-state index in [-0.39, 0.29) is 40.0 Å². The molecule has 2 rings (SSSR count). The minimum absolute atomic E-state index is 0.0403. The van der Waals surface area contributed by atoms with E-state index in [1.807, 2.05) is 0 Å². The average Bonchev–Trinajstić information content (AvgIpc) is 2.60. The Morgan fingerprint density at radius 2 is 1.63 bits per heavy atom. The molecule has 0 spiro atoms. The van der Waals surface area contributed by atoms with Crippen LogP contribution in [0.5, 0.6) is 0 Å². The third-order valence-electron chi connectivity index (χ3n) is 8.69. The number of esters is 2. The summed E-state index contributed by atoms with van der Waals surface area (Å²) in [6, 6.07) is 0. The van der Waals surface area contributed by atoms with Gasteiger partial charge in [-0.25, -0.2) is 0 Å². The minimum atomic E-state index is -0.956. The predicted octanol–water partition coefficient (Wildman–Crippen LogP) is 5.06. The molecule has 5 nitrogen and oxygen atoms in total. The summed E-state index contributed by atoms with van der Waals surface area (Å²) in [4.78, 5) is 24.1. The number of hydrogen-bond donors (Lipinski definition) is 1. The Hall–Kier alpha value is -1.36. The number of carbonyl (C=O) groups is 2. The monoisotopic (exact) mass is 422 g/mol. The predicted molar refractivity (Wildman–Crippen MR) is 118 cm³/mol. The van der Waals surface area contributed by atoms with Gasteiger partial charge in [-0.3, -0.25) is 9.59 Å². The Balaban J connectivity index is 2.63. The molecule has 172 valence electrons. The molecule has 0 aromatic carbocycles. The molecule has 7 atom stereocenters. The zero-order valence-corrected chi connectivity index (χ0v) is 20.2. The van der Waals surface area contributed by atoms with Gasteiger partial charge in [-0.05, 0) is 48.9 Å². The Bertz CT molecular complexity index is 681. The van der Waals surface area contributed by atoms with E-state index in [1.165, 1.54) is 13.8 Å². The van der Waals surface area contributed by atoms with Crippen LogP contribution in [0.15, 0.2) is 12.7 Å². The zero-order chi connectivity index (χ0) is 23.1. The lowest BCUT2D eigenvalue weighted by Gasteiger charge is -2.67. The highest BCUT2D eigenvalue weighted by Gasteiger charge is 2.67. The van der Waals surface area contributed by atoms with Crippen LogP contribution in [0.3, 0.4) is 0 Å². The SMILES string of the molecule is C=C[C@](C)(O)CC[C@@]1(C)[C@@H](C)C(OC(C)=O)C(OC(C)=O)[C@H]2C(C)(C)CCC[C@@]21C. The maximum Gasteiger partial charge on any atom is 0.303 e. The van der Waals surface area contributed by atoms with Gasteiger partial charge < -0.3 is 14.6 Å². The Labute approximate surface area is 182 Å². The Morgan fingerprint density at radius 3 is 2.13 bits per heavy atom. The number of ether oxygens (including phenoxy) is 2. The topological polar surface area (TPSA) is 72.8 Å². The van der Waals surface area contributed by atoms with Crippen molar-refractivity contribution in [2.75, 3.05) is 0 Å². The van der Waals surface area contributed by atoms with Crippen LogP contribution in [-0.2, 0) is 19.1 Å². The van der Waals surface area contributed by atoms with Crippen molar-refractivity contribution in [3.05, 3.63) is 12.7 Å². The Morgan fingerprint density at radius 1 is 1.10 bits per heavy atom. The van der Waals surface area contributed by atoms with E-state index in [2.05, 4.69) is 41.2 Å². The van der Waals surface area contributed by atoms with Crippen LogP contribution < -0.4 is 0 Å². The van der Waals surface area contributed by atoms with Crippen molar-refractivity contribution in [1.29, 1.82) is 0 Å². The van der Waals surface area contributed by atoms with Crippen molar-refractivity contribution in [1.82, 2.24) is 0 Å². The number of carbonyl (C=O) groups excluding carboxylic acids is 2. The van der Waals surface area contributed by atoms with Crippen LogP contribution >= 0.6 is 0 Å². The number of hydrogen-bond acceptors (Lipinski definition) is 5. The fourth-order valence-electron chi connectivity index (χ4n) is 6.71. The van der Waals surface area contributed by atoms with Crippen molar-refractivity contribution in [3.63, 3.8) is 0 Å². The molecular formula is C25H42O5. The second-order valence-electron chi connectivity index (χ2n) is 11.2. The molecule has 0 radical (unpaired) electrons. The van der Waals surface area contributed by atoms with E-state index in [0.29, 0.717) is 6.42 Å². The first-order chi connectivity index (χ1) is 13.6. The largest absolute Gasteiger partial charge is 0.458 e. The van der Waals surface area contributed by atoms with Crippen molar-refractivity contribution >= 4 is 11.9 Å². The normalized spacial score (nSPS) is 39.9. The van der Waals surface area contributed by atoms with Crippen molar-refractivity contribution in [2.24, 2.45) is 28.1 Å². The van der Waals surface area contributed by atoms with Crippen molar-refractivity contribution < 1.29 is 24.2 Å². The summed E-state index contributed by atoms with van der Waals surface area (Å²) >= 11 is 0. The molecule has 0 bridgehead atoms. The van der Waals surface area contributed by atoms with Crippen LogP contribution in [0, 0.1) is 28.1 Å². The van der Waals surface area contributed by atoms with E-state index >= 15 is 0 Å². The molecule has 2 fully saturated rings. The molecule has 2 aliphatic carbocycles. The number of aliphatic hydroxyl groups is 1. The highest BCUT2D eigenvalue weighted by Crippen LogP contribution is 2.68. The van der Waals surface area contributed by atoms with Gasteiger partial charge in [-0.1, -0.05) is 47.1 Å². The maximum atomic E-state index is 12.1. The van der Waals surface area contributed by atoms with Gasteiger partial charge >= 0.3 is 11.9 Å². The first-order valence-electron chi connectivity index (χ1n) is 11.3. The summed E-state index contributed by atoms with van der Waals surface area (Å²) in [7, 11) is 0. The second-order valence-corrected chi connectivity index (χ2v) is 11.2. The summed E-state index contributed by atoms with van der Waals surface area (Å²) in [6.45, 7) is 19.6. The van der Waals surface area contributed by atoms with E-state index in [9.17, 15) is 14.7 Å². The molecule has 0 aromatic rings. The smallest absolute Gasteiger partial charge is 0.303 e. The third-order valence-corrected chi connectivity index (χ3v) is 8.69. The van der Waals surface area contributed by atoms with Gasteiger partial charge in [0.2, 0.25) is 0 Å². The zero-order valence-electron chi connectivity index (χ0n) is 20.2. The van der Waals surface area contributed by atoms with Gasteiger partial charge in [0.25, 0.3) is 0 Å². The van der Waals surface area contributed by atoms with Crippen molar-refractivity contribution in [2.45, 2.75) is 105 Å². The maximum absolute atomic E-state index is 12.1. The van der Waals surface area contributed by atoms with Crippen LogP contribution in [0.1, 0.15) is 87.5 Å². The highest BCUT2D eigenvalue weighted by atomic mass is 16.6. The average molecular weight is 423 g/mol. The molecule has 2 saturated carbocycles. The molecule has 0 aromatic heterocycles. The lowest BCUT2D eigenvalue weighted by molar-refractivity contribution is -0.258. The van der Waals surface area contributed by atoms with E-state index in [4.69, 9.17) is 9.47 Å². The van der Waals surface area contributed by atoms with Gasteiger partial charge in [0.05, 0.1) is 5.60 Å².